The quantitative estimate of drug-likeness (QED) is 0.873. The van der Waals surface area contributed by atoms with E-state index in [-0.39, 0.29) is 11.9 Å². The molecule has 0 saturated heterocycles. The molecule has 0 spiro atoms. The van der Waals surface area contributed by atoms with E-state index in [9.17, 15) is 4.79 Å². The van der Waals surface area contributed by atoms with Gasteiger partial charge in [-0.1, -0.05) is 46.3 Å². The van der Waals surface area contributed by atoms with E-state index in [0.717, 1.165) is 10.0 Å². The van der Waals surface area contributed by atoms with Crippen molar-refractivity contribution in [2.75, 3.05) is 6.61 Å². The summed E-state index contributed by atoms with van der Waals surface area (Å²) >= 11 is 3.39. The van der Waals surface area contributed by atoms with Gasteiger partial charge in [0.25, 0.3) is 5.91 Å². The second-order valence-electron chi connectivity index (χ2n) is 4.68. The summed E-state index contributed by atoms with van der Waals surface area (Å²) < 4.78 is 6.37. The molecule has 1 N–H and O–H groups in total. The zero-order chi connectivity index (χ0) is 15.2. The van der Waals surface area contributed by atoms with Gasteiger partial charge in [0.05, 0.1) is 18.2 Å². The van der Waals surface area contributed by atoms with Crippen LogP contribution in [0.25, 0.3) is 0 Å². The number of hydrogen-bond donors (Lipinski definition) is 1. The van der Waals surface area contributed by atoms with Gasteiger partial charge in [-0.2, -0.15) is 0 Å². The van der Waals surface area contributed by atoms with Crippen molar-refractivity contribution in [3.05, 3.63) is 64.1 Å². The fraction of sp³-hybridized carbons (Fsp3) is 0.235. The van der Waals surface area contributed by atoms with Crippen molar-refractivity contribution in [2.24, 2.45) is 0 Å². The van der Waals surface area contributed by atoms with Crippen molar-refractivity contribution in [2.45, 2.75) is 19.9 Å². The van der Waals surface area contributed by atoms with Gasteiger partial charge in [-0.3, -0.25) is 4.79 Å². The van der Waals surface area contributed by atoms with Crippen LogP contribution in [0.15, 0.2) is 53.0 Å². The topological polar surface area (TPSA) is 38.3 Å². The SMILES string of the molecule is CCOc1ccc(Br)cc1C(=O)N[C@@H](C)c1ccccc1. The number of rotatable bonds is 5. The van der Waals surface area contributed by atoms with E-state index in [1.165, 1.54) is 0 Å². The van der Waals surface area contributed by atoms with E-state index in [1.807, 2.05) is 50.2 Å². The lowest BCUT2D eigenvalue weighted by Crippen LogP contribution is -2.27. The Hall–Kier alpha value is -1.81. The fourth-order valence-electron chi connectivity index (χ4n) is 2.06. The molecule has 4 heteroatoms. The maximum absolute atomic E-state index is 12.5. The Morgan fingerprint density at radius 1 is 1.24 bits per heavy atom. The molecule has 0 radical (unpaired) electrons. The highest BCUT2D eigenvalue weighted by atomic mass is 79.9. The first-order valence-corrected chi connectivity index (χ1v) is 7.69. The Morgan fingerprint density at radius 2 is 1.95 bits per heavy atom. The van der Waals surface area contributed by atoms with Gasteiger partial charge in [0.2, 0.25) is 0 Å². The van der Waals surface area contributed by atoms with E-state index >= 15 is 0 Å². The summed E-state index contributed by atoms with van der Waals surface area (Å²) in [5.41, 5.74) is 1.60. The molecule has 0 heterocycles. The first kappa shape index (κ1) is 15.6. The molecule has 2 rings (SSSR count). The molecule has 0 saturated carbocycles. The van der Waals surface area contributed by atoms with Crippen LogP contribution >= 0.6 is 15.9 Å². The van der Waals surface area contributed by atoms with Gasteiger partial charge in [-0.05, 0) is 37.6 Å². The first-order chi connectivity index (χ1) is 10.1. The Labute approximate surface area is 133 Å². The average Bonchev–Trinajstić information content (AvgIpc) is 2.50. The van der Waals surface area contributed by atoms with E-state index < -0.39 is 0 Å². The normalized spacial score (nSPS) is 11.8. The number of benzene rings is 2. The summed E-state index contributed by atoms with van der Waals surface area (Å²) in [7, 11) is 0. The lowest BCUT2D eigenvalue weighted by molar-refractivity contribution is 0.0936. The van der Waals surface area contributed by atoms with Gasteiger partial charge in [0.15, 0.2) is 0 Å². The summed E-state index contributed by atoms with van der Waals surface area (Å²) in [6, 6.07) is 15.2. The largest absolute Gasteiger partial charge is 0.493 e. The minimum atomic E-state index is -0.142. The van der Waals surface area contributed by atoms with Crippen molar-refractivity contribution in [3.8, 4) is 5.75 Å². The summed E-state index contributed by atoms with van der Waals surface area (Å²) in [5.74, 6) is 0.453. The average molecular weight is 348 g/mol. The van der Waals surface area contributed by atoms with Gasteiger partial charge < -0.3 is 10.1 Å². The van der Waals surface area contributed by atoms with Crippen molar-refractivity contribution in [3.63, 3.8) is 0 Å². The molecule has 110 valence electrons. The Bertz CT molecular complexity index is 613. The molecule has 1 amide bonds. The zero-order valence-corrected chi connectivity index (χ0v) is 13.7. The molecular weight excluding hydrogens is 330 g/mol. The van der Waals surface area contributed by atoms with Crippen LogP contribution in [0.1, 0.15) is 35.8 Å². The molecule has 0 fully saturated rings. The van der Waals surface area contributed by atoms with E-state index in [0.29, 0.717) is 17.9 Å². The molecule has 0 aromatic heterocycles. The van der Waals surface area contributed by atoms with Crippen molar-refractivity contribution >= 4 is 21.8 Å². The number of carbonyl (C=O) groups excluding carboxylic acids is 1. The predicted octanol–water partition coefficient (Wildman–Crippen LogP) is 4.34. The Morgan fingerprint density at radius 3 is 2.62 bits per heavy atom. The highest BCUT2D eigenvalue weighted by molar-refractivity contribution is 9.10. The zero-order valence-electron chi connectivity index (χ0n) is 12.1. The Balaban J connectivity index is 2.18. The predicted molar refractivity (Wildman–Crippen MR) is 87.6 cm³/mol. The van der Waals surface area contributed by atoms with Crippen LogP contribution in [0.2, 0.25) is 0 Å². The van der Waals surface area contributed by atoms with Crippen LogP contribution in [-0.2, 0) is 0 Å². The minimum Gasteiger partial charge on any atom is -0.493 e. The standard InChI is InChI=1S/C17H18BrNO2/c1-3-21-16-10-9-14(18)11-15(16)17(20)19-12(2)13-7-5-4-6-8-13/h4-12H,3H2,1-2H3,(H,19,20)/t12-/m0/s1. The second-order valence-corrected chi connectivity index (χ2v) is 5.60. The number of nitrogens with one attached hydrogen (secondary N) is 1. The van der Waals surface area contributed by atoms with Crippen molar-refractivity contribution in [1.82, 2.24) is 5.32 Å². The van der Waals surface area contributed by atoms with Crippen LogP contribution < -0.4 is 10.1 Å². The van der Waals surface area contributed by atoms with Gasteiger partial charge in [-0.25, -0.2) is 0 Å². The maximum Gasteiger partial charge on any atom is 0.255 e. The maximum atomic E-state index is 12.5. The number of hydrogen-bond acceptors (Lipinski definition) is 2. The number of ether oxygens (including phenoxy) is 1. The molecule has 2 aromatic rings. The number of amides is 1. The molecule has 2 aromatic carbocycles. The Kier molecular flexibility index (Phi) is 5.39. The summed E-state index contributed by atoms with van der Waals surface area (Å²) in [5, 5.41) is 3.00. The third kappa shape index (κ3) is 4.08. The van der Waals surface area contributed by atoms with Gasteiger partial charge in [-0.15, -0.1) is 0 Å². The lowest BCUT2D eigenvalue weighted by atomic mass is 10.1. The second kappa shape index (κ2) is 7.27. The van der Waals surface area contributed by atoms with Crippen LogP contribution in [0.3, 0.4) is 0 Å². The van der Waals surface area contributed by atoms with Gasteiger partial charge in [0.1, 0.15) is 5.75 Å². The molecular formula is C17H18BrNO2. The molecule has 0 aliphatic carbocycles. The van der Waals surface area contributed by atoms with E-state index in [2.05, 4.69) is 21.2 Å². The molecule has 1 atom stereocenters. The summed E-state index contributed by atoms with van der Waals surface area (Å²) in [6.45, 7) is 4.39. The monoisotopic (exact) mass is 347 g/mol. The minimum absolute atomic E-state index is 0.0628. The molecule has 0 unspecified atom stereocenters. The highest BCUT2D eigenvalue weighted by Gasteiger charge is 2.16. The van der Waals surface area contributed by atoms with Crippen LogP contribution in [0.4, 0.5) is 0 Å². The van der Waals surface area contributed by atoms with Gasteiger partial charge in [0, 0.05) is 4.47 Å². The summed E-state index contributed by atoms with van der Waals surface area (Å²) in [4.78, 5) is 12.5. The number of carbonyl (C=O) groups is 1. The molecule has 3 nitrogen and oxygen atoms in total. The smallest absolute Gasteiger partial charge is 0.255 e. The van der Waals surface area contributed by atoms with Crippen LogP contribution in [0.5, 0.6) is 5.75 Å². The third-order valence-electron chi connectivity index (χ3n) is 3.13. The lowest BCUT2D eigenvalue weighted by Gasteiger charge is -2.16. The third-order valence-corrected chi connectivity index (χ3v) is 3.63. The molecule has 0 aliphatic heterocycles. The molecule has 0 bridgehead atoms. The number of halogens is 1. The van der Waals surface area contributed by atoms with Crippen LogP contribution in [0, 0.1) is 0 Å². The highest BCUT2D eigenvalue weighted by Crippen LogP contribution is 2.24. The summed E-state index contributed by atoms with van der Waals surface area (Å²) in [6.07, 6.45) is 0. The van der Waals surface area contributed by atoms with Crippen molar-refractivity contribution in [1.29, 1.82) is 0 Å². The molecule has 0 aliphatic rings. The van der Waals surface area contributed by atoms with E-state index in [1.54, 1.807) is 12.1 Å². The molecule has 21 heavy (non-hydrogen) atoms. The van der Waals surface area contributed by atoms with Crippen LogP contribution in [-0.4, -0.2) is 12.5 Å². The first-order valence-electron chi connectivity index (χ1n) is 6.90. The van der Waals surface area contributed by atoms with E-state index in [4.69, 9.17) is 4.74 Å². The fourth-order valence-corrected chi connectivity index (χ4v) is 2.42. The van der Waals surface area contributed by atoms with Gasteiger partial charge >= 0.3 is 0 Å². The van der Waals surface area contributed by atoms with Crippen molar-refractivity contribution < 1.29 is 9.53 Å².